The molecular weight excluding hydrogens is 596 g/mol. The summed E-state index contributed by atoms with van der Waals surface area (Å²) in [5, 5.41) is 15.5. The first-order valence-electron chi connectivity index (χ1n) is 15.2. The third-order valence-electron chi connectivity index (χ3n) is 7.24. The number of aliphatic hydroxyl groups excluding tert-OH is 1. The SMILES string of the molecule is CCCN(CCC)C(=O)c1cc(C(N)=O)cc(C(=O)NC(Cc2cc(F)cc(F)c2)C(O)CN(CC)NC(=O)c2ccccc2)c1. The second-order valence-corrected chi connectivity index (χ2v) is 10.9. The van der Waals surface area contributed by atoms with Crippen LogP contribution in [-0.4, -0.2) is 77.0 Å². The van der Waals surface area contributed by atoms with Gasteiger partial charge in [0.2, 0.25) is 5.91 Å². The second kappa shape index (κ2) is 17.1. The number of nitrogens with two attached hydrogens (primary N) is 1. The number of rotatable bonds is 16. The molecule has 5 N–H and O–H groups in total. The van der Waals surface area contributed by atoms with Crippen LogP contribution in [0.1, 0.15) is 80.6 Å². The summed E-state index contributed by atoms with van der Waals surface area (Å²) in [6.45, 7) is 6.68. The van der Waals surface area contributed by atoms with E-state index >= 15 is 0 Å². The molecule has 3 aromatic rings. The zero-order valence-electron chi connectivity index (χ0n) is 26.3. The summed E-state index contributed by atoms with van der Waals surface area (Å²) in [7, 11) is 0. The number of aliphatic hydroxyl groups is 1. The monoisotopic (exact) mass is 637 g/mol. The number of hydrogen-bond donors (Lipinski definition) is 4. The molecule has 3 rings (SSSR count). The molecule has 246 valence electrons. The summed E-state index contributed by atoms with van der Waals surface area (Å²) in [6.07, 6.45) is -0.130. The predicted molar refractivity (Wildman–Crippen MR) is 170 cm³/mol. The Morgan fingerprint density at radius 1 is 0.804 bits per heavy atom. The van der Waals surface area contributed by atoms with Crippen molar-refractivity contribution in [1.82, 2.24) is 20.7 Å². The van der Waals surface area contributed by atoms with Gasteiger partial charge in [-0.15, -0.1) is 0 Å². The summed E-state index contributed by atoms with van der Waals surface area (Å²) >= 11 is 0. The Labute approximate surface area is 267 Å². The Bertz CT molecular complexity index is 1490. The number of nitrogens with one attached hydrogen (secondary N) is 2. The van der Waals surface area contributed by atoms with Gasteiger partial charge in [-0.3, -0.25) is 24.6 Å². The zero-order valence-corrected chi connectivity index (χ0v) is 26.3. The quantitative estimate of drug-likeness (QED) is 0.176. The molecule has 0 aliphatic rings. The lowest BCUT2D eigenvalue weighted by molar-refractivity contribution is 0.0470. The Kier molecular flexibility index (Phi) is 13.3. The van der Waals surface area contributed by atoms with Crippen LogP contribution in [0.3, 0.4) is 0 Å². The van der Waals surface area contributed by atoms with Crippen molar-refractivity contribution in [3.63, 3.8) is 0 Å². The van der Waals surface area contributed by atoms with Crippen LogP contribution in [0.5, 0.6) is 0 Å². The highest BCUT2D eigenvalue weighted by molar-refractivity contribution is 6.04. The van der Waals surface area contributed by atoms with E-state index in [2.05, 4.69) is 10.7 Å². The number of carbonyl (C=O) groups excluding carboxylic acids is 4. The maximum atomic E-state index is 14.1. The highest BCUT2D eigenvalue weighted by atomic mass is 19.1. The smallest absolute Gasteiger partial charge is 0.265 e. The number of nitrogens with zero attached hydrogens (tertiary/aromatic N) is 2. The first kappa shape index (κ1) is 35.8. The third kappa shape index (κ3) is 10.2. The van der Waals surface area contributed by atoms with Gasteiger partial charge in [0.25, 0.3) is 17.7 Å². The molecule has 46 heavy (non-hydrogen) atoms. The zero-order chi connectivity index (χ0) is 33.8. The molecule has 0 aromatic heterocycles. The third-order valence-corrected chi connectivity index (χ3v) is 7.24. The fraction of sp³-hybridized carbons (Fsp3) is 0.353. The number of carbonyl (C=O) groups is 4. The number of likely N-dealkylation sites (N-methyl/N-ethyl adjacent to an activating group) is 1. The molecule has 2 atom stereocenters. The van der Waals surface area contributed by atoms with Gasteiger partial charge in [-0.2, -0.15) is 0 Å². The topological polar surface area (TPSA) is 145 Å². The predicted octanol–water partition coefficient (Wildman–Crippen LogP) is 3.69. The Balaban J connectivity index is 1.92. The maximum Gasteiger partial charge on any atom is 0.265 e. The fourth-order valence-corrected chi connectivity index (χ4v) is 4.98. The maximum absolute atomic E-state index is 14.1. The van der Waals surface area contributed by atoms with E-state index < -0.39 is 41.5 Å². The van der Waals surface area contributed by atoms with Crippen LogP contribution in [0, 0.1) is 11.6 Å². The minimum atomic E-state index is -1.35. The first-order valence-corrected chi connectivity index (χ1v) is 15.2. The minimum Gasteiger partial charge on any atom is -0.390 e. The second-order valence-electron chi connectivity index (χ2n) is 10.9. The molecule has 0 aliphatic carbocycles. The summed E-state index contributed by atoms with van der Waals surface area (Å²) in [6, 6.07) is 14.1. The standard InChI is InChI=1S/C34H41F2N5O5/c1-4-12-40(13-5-2)34(46)26-18-24(31(37)43)17-25(19-26)32(44)38-29(16-22-14-27(35)20-28(36)15-22)30(42)21-41(6-3)39-33(45)23-10-8-7-9-11-23/h7-11,14-15,17-20,29-30,42H,4-6,12-13,16,21H2,1-3H3,(H2,37,43)(H,38,44)(H,39,45). The van der Waals surface area contributed by atoms with E-state index in [1.807, 2.05) is 13.8 Å². The summed E-state index contributed by atoms with van der Waals surface area (Å²) in [4.78, 5) is 53.5. The fourth-order valence-electron chi connectivity index (χ4n) is 4.98. The van der Waals surface area contributed by atoms with Crippen LogP contribution in [-0.2, 0) is 6.42 Å². The van der Waals surface area contributed by atoms with E-state index in [-0.39, 0.29) is 47.7 Å². The van der Waals surface area contributed by atoms with Gasteiger partial charge < -0.3 is 21.1 Å². The van der Waals surface area contributed by atoms with E-state index in [0.717, 1.165) is 12.1 Å². The summed E-state index contributed by atoms with van der Waals surface area (Å²) in [5.74, 6) is -4.06. The number of benzene rings is 3. The molecule has 12 heteroatoms. The lowest BCUT2D eigenvalue weighted by Gasteiger charge is -2.30. The van der Waals surface area contributed by atoms with Gasteiger partial charge in [-0.05, 0) is 67.3 Å². The molecule has 0 fully saturated rings. The number of hydrazine groups is 1. The van der Waals surface area contributed by atoms with Crippen LogP contribution < -0.4 is 16.5 Å². The highest BCUT2D eigenvalue weighted by Gasteiger charge is 2.27. The van der Waals surface area contributed by atoms with Crippen molar-refractivity contribution in [2.75, 3.05) is 26.2 Å². The van der Waals surface area contributed by atoms with Crippen molar-refractivity contribution in [1.29, 1.82) is 0 Å². The van der Waals surface area contributed by atoms with Crippen LogP contribution >= 0.6 is 0 Å². The molecule has 10 nitrogen and oxygen atoms in total. The molecule has 0 radical (unpaired) electrons. The van der Waals surface area contributed by atoms with E-state index in [1.54, 1.807) is 42.2 Å². The molecule has 0 heterocycles. The molecular formula is C34H41F2N5O5. The molecule has 0 spiro atoms. The van der Waals surface area contributed by atoms with Crippen LogP contribution in [0.25, 0.3) is 0 Å². The van der Waals surface area contributed by atoms with Crippen LogP contribution in [0.15, 0.2) is 66.7 Å². The number of amides is 4. The molecule has 0 saturated carbocycles. The summed E-state index contributed by atoms with van der Waals surface area (Å²) in [5.41, 5.74) is 8.76. The van der Waals surface area contributed by atoms with E-state index in [9.17, 15) is 33.1 Å². The van der Waals surface area contributed by atoms with Gasteiger partial charge in [-0.1, -0.05) is 39.0 Å². The summed E-state index contributed by atoms with van der Waals surface area (Å²) < 4.78 is 28.1. The average molecular weight is 638 g/mol. The number of halogens is 2. The molecule has 2 unspecified atom stereocenters. The lowest BCUT2D eigenvalue weighted by Crippen LogP contribution is -2.53. The van der Waals surface area contributed by atoms with Gasteiger partial charge in [-0.25, -0.2) is 13.8 Å². The number of primary amides is 1. The Morgan fingerprint density at radius 2 is 1.39 bits per heavy atom. The van der Waals surface area contributed by atoms with Crippen molar-refractivity contribution in [2.24, 2.45) is 5.73 Å². The Morgan fingerprint density at radius 3 is 1.96 bits per heavy atom. The van der Waals surface area contributed by atoms with Crippen molar-refractivity contribution in [2.45, 2.75) is 52.2 Å². The van der Waals surface area contributed by atoms with E-state index in [0.29, 0.717) is 37.6 Å². The normalized spacial score (nSPS) is 12.3. The van der Waals surface area contributed by atoms with Crippen LogP contribution in [0.2, 0.25) is 0 Å². The molecule has 4 amide bonds. The van der Waals surface area contributed by atoms with Gasteiger partial charge in [0.05, 0.1) is 12.1 Å². The van der Waals surface area contributed by atoms with Crippen molar-refractivity contribution in [3.05, 3.63) is 106 Å². The molecule has 3 aromatic carbocycles. The molecule has 0 bridgehead atoms. The first-order chi connectivity index (χ1) is 21.9. The van der Waals surface area contributed by atoms with Crippen molar-refractivity contribution >= 4 is 23.6 Å². The average Bonchev–Trinajstić information content (AvgIpc) is 3.03. The van der Waals surface area contributed by atoms with Crippen molar-refractivity contribution < 1.29 is 33.1 Å². The van der Waals surface area contributed by atoms with E-state index in [4.69, 9.17) is 5.73 Å². The van der Waals surface area contributed by atoms with Gasteiger partial charge in [0.15, 0.2) is 0 Å². The van der Waals surface area contributed by atoms with Gasteiger partial charge >= 0.3 is 0 Å². The van der Waals surface area contributed by atoms with Gasteiger partial charge in [0, 0.05) is 54.5 Å². The number of hydrogen-bond acceptors (Lipinski definition) is 6. The molecule has 0 aliphatic heterocycles. The van der Waals surface area contributed by atoms with Crippen LogP contribution in [0.4, 0.5) is 8.78 Å². The highest BCUT2D eigenvalue weighted by Crippen LogP contribution is 2.17. The van der Waals surface area contributed by atoms with E-state index in [1.165, 1.54) is 23.2 Å². The molecule has 0 saturated heterocycles. The van der Waals surface area contributed by atoms with Gasteiger partial charge in [0.1, 0.15) is 11.6 Å². The largest absolute Gasteiger partial charge is 0.390 e. The van der Waals surface area contributed by atoms with Crippen molar-refractivity contribution in [3.8, 4) is 0 Å². The minimum absolute atomic E-state index is 0.0611. The Hall–Kier alpha value is -4.68. The lowest BCUT2D eigenvalue weighted by atomic mass is 9.99.